The summed E-state index contributed by atoms with van der Waals surface area (Å²) < 4.78 is 0. The number of benzene rings is 1. The first-order valence-corrected chi connectivity index (χ1v) is 8.41. The summed E-state index contributed by atoms with van der Waals surface area (Å²) in [5.41, 5.74) is 1.67. The maximum atomic E-state index is 12.1. The monoisotopic (exact) mass is 308 g/mol. The molecule has 1 saturated heterocycles. The Kier molecular flexibility index (Phi) is 6.52. The van der Waals surface area contributed by atoms with Crippen LogP contribution in [0.2, 0.25) is 0 Å². The first-order chi connectivity index (χ1) is 10.2. The molecule has 1 aliphatic rings. The maximum absolute atomic E-state index is 12.1. The van der Waals surface area contributed by atoms with E-state index in [1.807, 2.05) is 24.3 Å². The Bertz CT molecular complexity index is 464. The second kappa shape index (κ2) is 8.40. The molecule has 1 amide bonds. The van der Waals surface area contributed by atoms with Gasteiger partial charge < -0.3 is 10.2 Å². The van der Waals surface area contributed by atoms with Crippen LogP contribution in [0.4, 0.5) is 0 Å². The molecule has 1 aliphatic heterocycles. The van der Waals surface area contributed by atoms with Gasteiger partial charge in [0, 0.05) is 30.6 Å². The predicted octanol–water partition coefficient (Wildman–Crippen LogP) is 3.42. The molecule has 1 fully saturated rings. The van der Waals surface area contributed by atoms with Gasteiger partial charge in [-0.25, -0.2) is 0 Å². The minimum Gasteiger partial charge on any atom is -0.352 e. The second-order valence-electron chi connectivity index (χ2n) is 5.82. The fourth-order valence-electron chi connectivity index (χ4n) is 2.87. The molecular formula is C17H25ClN2O. The van der Waals surface area contributed by atoms with Crippen molar-refractivity contribution in [1.82, 2.24) is 10.2 Å². The van der Waals surface area contributed by atoms with Gasteiger partial charge >= 0.3 is 0 Å². The molecule has 0 saturated carbocycles. The van der Waals surface area contributed by atoms with Crippen molar-refractivity contribution >= 4 is 17.5 Å². The minimum absolute atomic E-state index is 0.00587. The molecule has 1 heterocycles. The highest BCUT2D eigenvalue weighted by molar-refractivity contribution is 6.17. The lowest BCUT2D eigenvalue weighted by atomic mass is 10.0. The molecular weight excluding hydrogens is 284 g/mol. The zero-order valence-electron chi connectivity index (χ0n) is 12.8. The number of likely N-dealkylation sites (tertiary alicyclic amines) is 1. The van der Waals surface area contributed by atoms with Crippen molar-refractivity contribution < 1.29 is 4.79 Å². The number of rotatable bonds is 6. The summed E-state index contributed by atoms with van der Waals surface area (Å²) in [7, 11) is 0. The molecule has 116 valence electrons. The molecule has 0 spiro atoms. The largest absolute Gasteiger partial charge is 0.352 e. The number of hydrogen-bond donors (Lipinski definition) is 1. The lowest BCUT2D eigenvalue weighted by Crippen LogP contribution is -2.39. The van der Waals surface area contributed by atoms with Crippen LogP contribution in [0.3, 0.4) is 0 Å². The van der Waals surface area contributed by atoms with E-state index in [4.69, 9.17) is 11.6 Å². The van der Waals surface area contributed by atoms with Crippen molar-refractivity contribution in [3.63, 3.8) is 0 Å². The van der Waals surface area contributed by atoms with Crippen molar-refractivity contribution in [1.29, 1.82) is 0 Å². The molecule has 4 heteroatoms. The summed E-state index contributed by atoms with van der Waals surface area (Å²) in [5.74, 6) is 0.433. The van der Waals surface area contributed by atoms with Crippen LogP contribution >= 0.6 is 11.6 Å². The number of alkyl halides is 1. The Morgan fingerprint density at radius 2 is 2.29 bits per heavy atom. The molecule has 0 bridgehead atoms. The Morgan fingerprint density at radius 1 is 1.43 bits per heavy atom. The van der Waals surface area contributed by atoms with Crippen LogP contribution in [-0.4, -0.2) is 36.5 Å². The van der Waals surface area contributed by atoms with E-state index in [9.17, 15) is 4.79 Å². The van der Waals surface area contributed by atoms with Crippen LogP contribution in [0.1, 0.15) is 48.5 Å². The molecule has 0 aromatic heterocycles. The van der Waals surface area contributed by atoms with Crippen molar-refractivity contribution in [3.05, 3.63) is 35.4 Å². The van der Waals surface area contributed by atoms with Gasteiger partial charge in [0.1, 0.15) is 0 Å². The predicted molar refractivity (Wildman–Crippen MR) is 87.8 cm³/mol. The van der Waals surface area contributed by atoms with Gasteiger partial charge in [-0.05, 0) is 50.4 Å². The number of carbonyl (C=O) groups is 1. The van der Waals surface area contributed by atoms with E-state index >= 15 is 0 Å². The number of piperidine rings is 1. The Balaban J connectivity index is 1.71. The van der Waals surface area contributed by atoms with Crippen molar-refractivity contribution in [2.24, 2.45) is 0 Å². The van der Waals surface area contributed by atoms with Crippen LogP contribution in [0, 0.1) is 0 Å². The quantitative estimate of drug-likeness (QED) is 0.645. The summed E-state index contributed by atoms with van der Waals surface area (Å²) in [5, 5.41) is 3.00. The highest BCUT2D eigenvalue weighted by Gasteiger charge is 2.17. The second-order valence-corrected chi connectivity index (χ2v) is 6.09. The van der Waals surface area contributed by atoms with Gasteiger partial charge in [0.05, 0.1) is 0 Å². The van der Waals surface area contributed by atoms with Gasteiger partial charge in [-0.15, -0.1) is 11.6 Å². The topological polar surface area (TPSA) is 32.3 Å². The lowest BCUT2D eigenvalue weighted by molar-refractivity contribution is 0.0949. The summed E-state index contributed by atoms with van der Waals surface area (Å²) in [6, 6.07) is 8.19. The van der Waals surface area contributed by atoms with Crippen molar-refractivity contribution in [2.45, 2.75) is 44.5 Å². The molecule has 0 aliphatic carbocycles. The fraction of sp³-hybridized carbons (Fsp3) is 0.588. The third-order valence-electron chi connectivity index (χ3n) is 4.19. The van der Waals surface area contributed by atoms with E-state index in [-0.39, 0.29) is 5.91 Å². The van der Waals surface area contributed by atoms with Crippen molar-refractivity contribution in [2.75, 3.05) is 19.6 Å². The zero-order valence-corrected chi connectivity index (χ0v) is 13.5. The van der Waals surface area contributed by atoms with E-state index in [0.717, 1.165) is 25.1 Å². The van der Waals surface area contributed by atoms with Crippen molar-refractivity contribution in [3.8, 4) is 0 Å². The molecule has 3 nitrogen and oxygen atoms in total. The number of nitrogens with one attached hydrogen (secondary N) is 1. The highest BCUT2D eigenvalue weighted by Crippen LogP contribution is 2.16. The molecule has 1 atom stereocenters. The lowest BCUT2D eigenvalue weighted by Gasteiger charge is -2.33. The van der Waals surface area contributed by atoms with Crippen LogP contribution in [0.25, 0.3) is 0 Å². The fourth-order valence-corrected chi connectivity index (χ4v) is 3.04. The third kappa shape index (κ3) is 5.01. The average Bonchev–Trinajstić information content (AvgIpc) is 2.53. The van der Waals surface area contributed by atoms with E-state index < -0.39 is 0 Å². The first-order valence-electron chi connectivity index (χ1n) is 7.88. The normalized spacial score (nSPS) is 19.4. The molecule has 1 unspecified atom stereocenters. The van der Waals surface area contributed by atoms with Gasteiger partial charge in [0.2, 0.25) is 0 Å². The smallest absolute Gasteiger partial charge is 0.251 e. The Labute approximate surface area is 132 Å². The molecule has 21 heavy (non-hydrogen) atoms. The number of nitrogens with zero attached hydrogens (tertiary/aromatic N) is 1. The van der Waals surface area contributed by atoms with Crippen LogP contribution < -0.4 is 5.32 Å². The minimum atomic E-state index is -0.00587. The van der Waals surface area contributed by atoms with Gasteiger partial charge in [-0.2, -0.15) is 0 Å². The maximum Gasteiger partial charge on any atom is 0.251 e. The van der Waals surface area contributed by atoms with E-state index in [2.05, 4.69) is 17.1 Å². The summed E-state index contributed by atoms with van der Waals surface area (Å²) >= 11 is 5.79. The van der Waals surface area contributed by atoms with Crippen LogP contribution in [0.5, 0.6) is 0 Å². The third-order valence-corrected chi connectivity index (χ3v) is 4.50. The van der Waals surface area contributed by atoms with E-state index in [1.54, 1.807) is 0 Å². The SMILES string of the molecule is CC1CCCCN1CCCNC(=O)c1cccc(CCl)c1. The number of halogens is 1. The molecule has 1 aromatic rings. The van der Waals surface area contributed by atoms with Gasteiger partial charge in [-0.3, -0.25) is 4.79 Å². The van der Waals surface area contributed by atoms with E-state index in [0.29, 0.717) is 17.5 Å². The number of carbonyl (C=O) groups excluding carboxylic acids is 1. The summed E-state index contributed by atoms with van der Waals surface area (Å²) in [4.78, 5) is 14.6. The highest BCUT2D eigenvalue weighted by atomic mass is 35.5. The van der Waals surface area contributed by atoms with Crippen LogP contribution in [-0.2, 0) is 5.88 Å². The summed E-state index contributed by atoms with van der Waals surface area (Å²) in [6.45, 7) is 5.30. The zero-order chi connectivity index (χ0) is 15.1. The van der Waals surface area contributed by atoms with Gasteiger partial charge in [0.25, 0.3) is 5.91 Å². The standard InChI is InChI=1S/C17H25ClN2O/c1-14-6-2-3-10-20(14)11-5-9-19-17(21)16-8-4-7-15(12-16)13-18/h4,7-8,12,14H,2-3,5-6,9-11,13H2,1H3,(H,19,21). The Hall–Kier alpha value is -1.06. The first kappa shape index (κ1) is 16.3. The number of amides is 1. The van der Waals surface area contributed by atoms with Crippen LogP contribution in [0.15, 0.2) is 24.3 Å². The molecule has 2 rings (SSSR count). The number of hydrogen-bond acceptors (Lipinski definition) is 2. The van der Waals surface area contributed by atoms with E-state index in [1.165, 1.54) is 25.8 Å². The van der Waals surface area contributed by atoms with Gasteiger partial charge in [0.15, 0.2) is 0 Å². The average molecular weight is 309 g/mol. The Morgan fingerprint density at radius 3 is 3.05 bits per heavy atom. The van der Waals surface area contributed by atoms with Gasteiger partial charge in [-0.1, -0.05) is 18.6 Å². The molecule has 1 aromatic carbocycles. The summed E-state index contributed by atoms with van der Waals surface area (Å²) in [6.07, 6.45) is 4.97. The molecule has 1 N–H and O–H groups in total. The molecule has 0 radical (unpaired) electrons.